The van der Waals surface area contributed by atoms with E-state index in [1.807, 2.05) is 26.1 Å². The molecule has 3 aliphatic rings. The molecule has 3 aliphatic carbocycles. The van der Waals surface area contributed by atoms with Crippen molar-refractivity contribution >= 4 is 0 Å². The predicted octanol–water partition coefficient (Wildman–Crippen LogP) is 6.69. The van der Waals surface area contributed by atoms with Gasteiger partial charge in [-0.2, -0.15) is 13.2 Å². The zero-order chi connectivity index (χ0) is 23.8. The van der Waals surface area contributed by atoms with Gasteiger partial charge >= 0.3 is 6.18 Å². The quantitative estimate of drug-likeness (QED) is 0.401. The third-order valence-corrected chi connectivity index (χ3v) is 7.75. The van der Waals surface area contributed by atoms with E-state index in [-0.39, 0.29) is 12.2 Å². The topological polar surface area (TPSA) is 35.0 Å². The van der Waals surface area contributed by atoms with Crippen molar-refractivity contribution in [3.63, 3.8) is 0 Å². The molecule has 1 fully saturated rings. The van der Waals surface area contributed by atoms with E-state index in [0.29, 0.717) is 29.3 Å². The van der Waals surface area contributed by atoms with Gasteiger partial charge in [0.1, 0.15) is 12.4 Å². The van der Waals surface area contributed by atoms with Gasteiger partial charge in [-0.15, -0.1) is 0 Å². The van der Waals surface area contributed by atoms with Crippen LogP contribution in [0.3, 0.4) is 0 Å². The Hall–Kier alpha value is -2.96. The SMILES string of the molecule is CC1(C)CC(c2ccncc2C(F)(F)F)c2cc(COc3cc4c(cn3)C3CC3C4)c(F)cc21. The lowest BCUT2D eigenvalue weighted by atomic mass is 9.84. The van der Waals surface area contributed by atoms with Gasteiger partial charge in [-0.1, -0.05) is 13.8 Å². The van der Waals surface area contributed by atoms with Crippen molar-refractivity contribution in [1.29, 1.82) is 0 Å². The lowest BCUT2D eigenvalue weighted by Crippen LogP contribution is -2.15. The molecule has 7 heteroatoms. The molecule has 6 rings (SSSR count). The number of ether oxygens (including phenoxy) is 1. The van der Waals surface area contributed by atoms with Crippen molar-refractivity contribution in [2.45, 2.75) is 63.1 Å². The molecule has 0 bridgehead atoms. The lowest BCUT2D eigenvalue weighted by molar-refractivity contribution is -0.138. The van der Waals surface area contributed by atoms with Gasteiger partial charge in [-0.25, -0.2) is 9.37 Å². The molecular weight excluding hydrogens is 444 g/mol. The standard InChI is InChI=1S/C27H24F4N2O/c1-26(2)10-20(17-3-4-32-12-23(17)27(29,30)31)19-7-16(24(28)9-22(19)26)13-34-25-8-15-5-14-6-18(14)21(15)11-33-25/h3-4,7-9,11-12,14,18,20H,5-6,10,13H2,1-2H3. The Morgan fingerprint density at radius 1 is 1.09 bits per heavy atom. The van der Waals surface area contributed by atoms with E-state index in [9.17, 15) is 13.2 Å². The lowest BCUT2D eigenvalue weighted by Gasteiger charge is -2.21. The number of benzene rings is 1. The summed E-state index contributed by atoms with van der Waals surface area (Å²) in [4.78, 5) is 8.09. The fourth-order valence-electron chi connectivity index (χ4n) is 5.94. The first kappa shape index (κ1) is 21.6. The summed E-state index contributed by atoms with van der Waals surface area (Å²) in [5.74, 6) is 0.900. The largest absolute Gasteiger partial charge is 0.473 e. The molecule has 176 valence electrons. The molecule has 0 spiro atoms. The molecule has 2 heterocycles. The van der Waals surface area contributed by atoms with Crippen LogP contribution in [0.5, 0.6) is 5.88 Å². The van der Waals surface area contributed by atoms with Crippen LogP contribution in [0.1, 0.15) is 77.5 Å². The zero-order valence-electron chi connectivity index (χ0n) is 18.9. The summed E-state index contributed by atoms with van der Waals surface area (Å²) in [5.41, 5.74) is 3.27. The molecule has 34 heavy (non-hydrogen) atoms. The van der Waals surface area contributed by atoms with Gasteiger partial charge in [0, 0.05) is 36.1 Å². The molecule has 1 saturated carbocycles. The minimum atomic E-state index is -4.51. The second-order valence-electron chi connectivity index (χ2n) is 10.4. The Balaban J connectivity index is 1.32. The zero-order valence-corrected chi connectivity index (χ0v) is 18.9. The summed E-state index contributed by atoms with van der Waals surface area (Å²) in [7, 11) is 0. The maximum absolute atomic E-state index is 15.1. The van der Waals surface area contributed by atoms with E-state index < -0.39 is 28.9 Å². The third kappa shape index (κ3) is 3.48. The molecule has 3 unspecified atom stereocenters. The highest BCUT2D eigenvalue weighted by molar-refractivity contribution is 5.51. The van der Waals surface area contributed by atoms with Crippen molar-refractivity contribution < 1.29 is 22.3 Å². The average molecular weight is 468 g/mol. The van der Waals surface area contributed by atoms with Gasteiger partial charge in [0.05, 0.1) is 5.56 Å². The van der Waals surface area contributed by atoms with Crippen LogP contribution in [0.15, 0.2) is 42.9 Å². The van der Waals surface area contributed by atoms with Gasteiger partial charge in [0.25, 0.3) is 0 Å². The second kappa shape index (κ2) is 7.27. The van der Waals surface area contributed by atoms with Crippen LogP contribution in [0.4, 0.5) is 17.6 Å². The number of hydrogen-bond acceptors (Lipinski definition) is 3. The second-order valence-corrected chi connectivity index (χ2v) is 10.4. The molecule has 0 radical (unpaired) electrons. The average Bonchev–Trinajstić information content (AvgIpc) is 3.38. The van der Waals surface area contributed by atoms with E-state index in [4.69, 9.17) is 4.74 Å². The molecule has 0 aliphatic heterocycles. The van der Waals surface area contributed by atoms with Crippen molar-refractivity contribution in [3.8, 4) is 5.88 Å². The van der Waals surface area contributed by atoms with Crippen LogP contribution in [0.2, 0.25) is 0 Å². The monoisotopic (exact) mass is 468 g/mol. The van der Waals surface area contributed by atoms with Gasteiger partial charge in [0.15, 0.2) is 0 Å². The molecule has 3 aromatic rings. The van der Waals surface area contributed by atoms with Gasteiger partial charge in [-0.3, -0.25) is 4.98 Å². The number of alkyl halides is 3. The van der Waals surface area contributed by atoms with Crippen molar-refractivity contribution in [1.82, 2.24) is 9.97 Å². The Morgan fingerprint density at radius 2 is 1.91 bits per heavy atom. The highest BCUT2D eigenvalue weighted by atomic mass is 19.4. The molecular formula is C27H24F4N2O. The molecule has 0 N–H and O–H groups in total. The van der Waals surface area contributed by atoms with E-state index in [0.717, 1.165) is 24.1 Å². The summed E-state index contributed by atoms with van der Waals surface area (Å²) >= 11 is 0. The van der Waals surface area contributed by atoms with E-state index in [2.05, 4.69) is 9.97 Å². The molecule has 0 saturated heterocycles. The third-order valence-electron chi connectivity index (χ3n) is 7.75. The molecule has 3 atom stereocenters. The first-order chi connectivity index (χ1) is 16.1. The minimum absolute atomic E-state index is 0.0343. The molecule has 0 amide bonds. The summed E-state index contributed by atoms with van der Waals surface area (Å²) in [6.45, 7) is 3.84. The summed E-state index contributed by atoms with van der Waals surface area (Å²) in [5, 5.41) is 0. The summed E-state index contributed by atoms with van der Waals surface area (Å²) in [6, 6.07) is 6.50. The Bertz CT molecular complexity index is 1300. The number of aromatic nitrogens is 2. The van der Waals surface area contributed by atoms with Crippen LogP contribution >= 0.6 is 0 Å². The Kier molecular flexibility index (Phi) is 4.61. The van der Waals surface area contributed by atoms with Gasteiger partial charge in [-0.05, 0) is 82.5 Å². The smallest absolute Gasteiger partial charge is 0.418 e. The predicted molar refractivity (Wildman–Crippen MR) is 118 cm³/mol. The molecule has 1 aromatic carbocycles. The maximum Gasteiger partial charge on any atom is 0.418 e. The van der Waals surface area contributed by atoms with Crippen molar-refractivity contribution in [3.05, 3.63) is 87.6 Å². The van der Waals surface area contributed by atoms with Crippen LogP contribution in [0.25, 0.3) is 0 Å². The fraction of sp³-hybridized carbons (Fsp3) is 0.407. The highest BCUT2D eigenvalue weighted by Gasteiger charge is 2.45. The first-order valence-electron chi connectivity index (χ1n) is 11.6. The normalized spacial score (nSPS) is 23.9. The molecule has 3 nitrogen and oxygen atoms in total. The van der Waals surface area contributed by atoms with Crippen LogP contribution in [0, 0.1) is 11.7 Å². The summed E-state index contributed by atoms with van der Waals surface area (Å²) in [6.07, 6.45) is 2.33. The number of rotatable bonds is 4. The summed E-state index contributed by atoms with van der Waals surface area (Å²) < 4.78 is 62.1. The number of nitrogens with zero attached hydrogens (tertiary/aromatic N) is 2. The van der Waals surface area contributed by atoms with Crippen molar-refractivity contribution in [2.24, 2.45) is 5.92 Å². The number of pyridine rings is 2. The van der Waals surface area contributed by atoms with Crippen LogP contribution < -0.4 is 4.74 Å². The Morgan fingerprint density at radius 3 is 2.71 bits per heavy atom. The maximum atomic E-state index is 15.1. The van der Waals surface area contributed by atoms with E-state index >= 15 is 4.39 Å². The highest BCUT2D eigenvalue weighted by Crippen LogP contribution is 2.56. The number of fused-ring (bicyclic) bond motifs is 4. The van der Waals surface area contributed by atoms with Crippen LogP contribution in [-0.4, -0.2) is 9.97 Å². The number of halogens is 4. The first-order valence-corrected chi connectivity index (χ1v) is 11.6. The Labute approximate surface area is 195 Å². The minimum Gasteiger partial charge on any atom is -0.473 e. The van der Waals surface area contributed by atoms with E-state index in [1.54, 1.807) is 6.07 Å². The van der Waals surface area contributed by atoms with Gasteiger partial charge in [0.2, 0.25) is 5.88 Å². The van der Waals surface area contributed by atoms with E-state index in [1.165, 1.54) is 35.9 Å². The molecule has 2 aromatic heterocycles. The fourth-order valence-corrected chi connectivity index (χ4v) is 5.94. The van der Waals surface area contributed by atoms with Crippen molar-refractivity contribution in [2.75, 3.05) is 0 Å². The van der Waals surface area contributed by atoms with Crippen LogP contribution in [-0.2, 0) is 24.6 Å². The number of hydrogen-bond donors (Lipinski definition) is 0. The van der Waals surface area contributed by atoms with Gasteiger partial charge < -0.3 is 4.74 Å².